The maximum Gasteiger partial charge on any atom is 0.310 e. The number of aromatic nitrogens is 2. The topological polar surface area (TPSA) is 85.2 Å². The van der Waals surface area contributed by atoms with E-state index < -0.39 is 0 Å². The largest absolute Gasteiger partial charge is 0.463 e. The van der Waals surface area contributed by atoms with E-state index in [4.69, 9.17) is 4.74 Å². The Kier molecular flexibility index (Phi) is 5.76. The predicted molar refractivity (Wildman–Crippen MR) is 85.7 cm³/mol. The highest BCUT2D eigenvalue weighted by atomic mass is 16.5. The molecular formula is C16H26N4O3. The number of nitrogens with one attached hydrogen (secondary N) is 2. The summed E-state index contributed by atoms with van der Waals surface area (Å²) in [5.74, 6) is -0.705. The van der Waals surface area contributed by atoms with Crippen molar-refractivity contribution in [2.75, 3.05) is 19.6 Å². The lowest BCUT2D eigenvalue weighted by atomic mass is 9.90. The quantitative estimate of drug-likeness (QED) is 0.742. The van der Waals surface area contributed by atoms with E-state index in [2.05, 4.69) is 15.7 Å². The van der Waals surface area contributed by atoms with E-state index in [1.165, 1.54) is 0 Å². The van der Waals surface area contributed by atoms with Crippen molar-refractivity contribution in [1.82, 2.24) is 20.4 Å². The van der Waals surface area contributed by atoms with Gasteiger partial charge in [-0.1, -0.05) is 6.92 Å². The van der Waals surface area contributed by atoms with Crippen LogP contribution < -0.4 is 10.6 Å². The number of nitrogens with zero attached hydrogens (tertiary/aromatic N) is 2. The van der Waals surface area contributed by atoms with Gasteiger partial charge in [0, 0.05) is 38.8 Å². The number of carbonyl (C=O) groups is 2. The predicted octanol–water partition coefficient (Wildman–Crippen LogP) is 0.427. The normalized spacial score (nSPS) is 22.1. The third-order valence-corrected chi connectivity index (χ3v) is 4.04. The van der Waals surface area contributed by atoms with E-state index in [1.807, 2.05) is 27.1 Å². The minimum atomic E-state index is -0.354. The second-order valence-electron chi connectivity index (χ2n) is 6.45. The summed E-state index contributed by atoms with van der Waals surface area (Å²) >= 11 is 0. The van der Waals surface area contributed by atoms with Gasteiger partial charge in [0.1, 0.15) is 0 Å². The average molecular weight is 322 g/mol. The lowest BCUT2D eigenvalue weighted by Gasteiger charge is -2.19. The summed E-state index contributed by atoms with van der Waals surface area (Å²) in [5.41, 5.74) is 1.06. The minimum absolute atomic E-state index is 0.0342. The van der Waals surface area contributed by atoms with Crippen LogP contribution in [0, 0.1) is 11.8 Å². The number of ether oxygens (including phenoxy) is 1. The van der Waals surface area contributed by atoms with Crippen molar-refractivity contribution in [2.45, 2.75) is 32.8 Å². The van der Waals surface area contributed by atoms with Gasteiger partial charge in [0.15, 0.2) is 0 Å². The van der Waals surface area contributed by atoms with Crippen LogP contribution in [0.15, 0.2) is 12.4 Å². The molecule has 2 rings (SSSR count). The average Bonchev–Trinajstić information content (AvgIpc) is 3.11. The molecule has 7 heteroatoms. The highest BCUT2D eigenvalue weighted by Crippen LogP contribution is 2.27. The van der Waals surface area contributed by atoms with Crippen LogP contribution in [-0.2, 0) is 21.4 Å². The maximum atomic E-state index is 12.5. The number of rotatable bonds is 6. The first kappa shape index (κ1) is 17.5. The van der Waals surface area contributed by atoms with Crippen LogP contribution in [0.1, 0.15) is 32.3 Å². The zero-order valence-corrected chi connectivity index (χ0v) is 14.2. The lowest BCUT2D eigenvalue weighted by Crippen LogP contribution is -2.38. The molecule has 1 aromatic heterocycles. The summed E-state index contributed by atoms with van der Waals surface area (Å²) in [5, 5.41) is 10.3. The van der Waals surface area contributed by atoms with Gasteiger partial charge in [-0.05, 0) is 19.4 Å². The summed E-state index contributed by atoms with van der Waals surface area (Å²) in [6.07, 6.45) is 3.61. The molecule has 7 nitrogen and oxygen atoms in total. The van der Waals surface area contributed by atoms with Crippen LogP contribution in [0.5, 0.6) is 0 Å². The van der Waals surface area contributed by atoms with Crippen molar-refractivity contribution in [3.05, 3.63) is 18.0 Å². The smallest absolute Gasteiger partial charge is 0.310 e. The molecule has 1 aromatic rings. The zero-order chi connectivity index (χ0) is 17.0. The van der Waals surface area contributed by atoms with E-state index in [0.717, 1.165) is 12.1 Å². The second-order valence-corrected chi connectivity index (χ2v) is 6.45. The Bertz CT molecular complexity index is 555. The zero-order valence-electron chi connectivity index (χ0n) is 14.2. The van der Waals surface area contributed by atoms with Gasteiger partial charge in [0.25, 0.3) is 0 Å². The van der Waals surface area contributed by atoms with E-state index in [-0.39, 0.29) is 35.7 Å². The van der Waals surface area contributed by atoms with Crippen LogP contribution >= 0.6 is 0 Å². The van der Waals surface area contributed by atoms with Gasteiger partial charge in [0.2, 0.25) is 5.91 Å². The van der Waals surface area contributed by atoms with Crippen molar-refractivity contribution in [2.24, 2.45) is 18.9 Å². The lowest BCUT2D eigenvalue weighted by molar-refractivity contribution is -0.151. The number of aryl methyl sites for hydroxylation is 1. The fourth-order valence-electron chi connectivity index (χ4n) is 2.75. The summed E-state index contributed by atoms with van der Waals surface area (Å²) in [4.78, 5) is 24.2. The molecule has 23 heavy (non-hydrogen) atoms. The third kappa shape index (κ3) is 4.54. The Morgan fingerprint density at radius 2 is 2.17 bits per heavy atom. The van der Waals surface area contributed by atoms with Crippen molar-refractivity contribution in [3.8, 4) is 0 Å². The summed E-state index contributed by atoms with van der Waals surface area (Å²) in [6, 6.07) is 0. The van der Waals surface area contributed by atoms with Crippen LogP contribution in [0.25, 0.3) is 0 Å². The fourth-order valence-corrected chi connectivity index (χ4v) is 2.75. The molecule has 1 aliphatic heterocycles. The van der Waals surface area contributed by atoms with E-state index in [0.29, 0.717) is 13.1 Å². The second kappa shape index (κ2) is 7.59. The Balaban J connectivity index is 1.88. The highest BCUT2D eigenvalue weighted by molar-refractivity contribution is 5.81. The van der Waals surface area contributed by atoms with Gasteiger partial charge in [-0.2, -0.15) is 5.10 Å². The van der Waals surface area contributed by atoms with E-state index in [1.54, 1.807) is 17.8 Å². The van der Waals surface area contributed by atoms with Gasteiger partial charge >= 0.3 is 5.97 Å². The molecular weight excluding hydrogens is 296 g/mol. The molecule has 2 N–H and O–H groups in total. The van der Waals surface area contributed by atoms with Gasteiger partial charge in [-0.25, -0.2) is 0 Å². The molecule has 0 bridgehead atoms. The monoisotopic (exact) mass is 322 g/mol. The van der Waals surface area contributed by atoms with E-state index >= 15 is 0 Å². The molecule has 1 fully saturated rings. The standard InChI is InChI=1S/C16H26N4O3/c1-10(2)23-16(22)11(3)5-18-15(21)14-8-17-7-13(14)12-6-19-20(4)9-12/h6,9-11,13-14,17H,5,7-8H2,1-4H3,(H,18,21)/t11?,13-,14+/m1/s1. The Labute approximate surface area is 136 Å². The van der Waals surface area contributed by atoms with Crippen LogP contribution in [0.3, 0.4) is 0 Å². The first-order valence-electron chi connectivity index (χ1n) is 8.06. The van der Waals surface area contributed by atoms with E-state index in [9.17, 15) is 9.59 Å². The SMILES string of the molecule is CC(C)OC(=O)C(C)CNC(=O)[C@H]1CNC[C@@H]1c1cnn(C)c1. The Morgan fingerprint density at radius 1 is 1.43 bits per heavy atom. The molecule has 0 spiro atoms. The van der Waals surface area contributed by atoms with Gasteiger partial charge in [-0.3, -0.25) is 14.3 Å². The molecule has 1 amide bonds. The number of esters is 1. The molecule has 1 saturated heterocycles. The van der Waals surface area contributed by atoms with Crippen LogP contribution in [0.4, 0.5) is 0 Å². The molecule has 0 aliphatic carbocycles. The van der Waals surface area contributed by atoms with Crippen molar-refractivity contribution < 1.29 is 14.3 Å². The Morgan fingerprint density at radius 3 is 2.78 bits per heavy atom. The first-order valence-corrected chi connectivity index (χ1v) is 8.06. The molecule has 1 unspecified atom stereocenters. The van der Waals surface area contributed by atoms with Gasteiger partial charge < -0.3 is 15.4 Å². The van der Waals surface area contributed by atoms with Crippen LogP contribution in [-0.4, -0.2) is 47.4 Å². The van der Waals surface area contributed by atoms with Crippen molar-refractivity contribution in [3.63, 3.8) is 0 Å². The molecule has 2 heterocycles. The molecule has 3 atom stereocenters. The van der Waals surface area contributed by atoms with Crippen molar-refractivity contribution >= 4 is 11.9 Å². The highest BCUT2D eigenvalue weighted by Gasteiger charge is 2.34. The van der Waals surface area contributed by atoms with Crippen molar-refractivity contribution in [1.29, 1.82) is 0 Å². The van der Waals surface area contributed by atoms with Crippen LogP contribution in [0.2, 0.25) is 0 Å². The summed E-state index contributed by atoms with van der Waals surface area (Å²) in [6.45, 7) is 7.07. The molecule has 1 aliphatic rings. The molecule has 0 saturated carbocycles. The van der Waals surface area contributed by atoms with Gasteiger partial charge in [0.05, 0.1) is 24.1 Å². The van der Waals surface area contributed by atoms with Gasteiger partial charge in [-0.15, -0.1) is 0 Å². The number of carbonyl (C=O) groups excluding carboxylic acids is 2. The maximum absolute atomic E-state index is 12.5. The molecule has 0 radical (unpaired) electrons. The number of hydrogen-bond donors (Lipinski definition) is 2. The minimum Gasteiger partial charge on any atom is -0.463 e. The fraction of sp³-hybridized carbons (Fsp3) is 0.688. The third-order valence-electron chi connectivity index (χ3n) is 4.04. The Hall–Kier alpha value is -1.89. The summed E-state index contributed by atoms with van der Waals surface area (Å²) in [7, 11) is 1.86. The summed E-state index contributed by atoms with van der Waals surface area (Å²) < 4.78 is 6.89. The molecule has 0 aromatic carbocycles. The molecule has 128 valence electrons. The number of hydrogen-bond acceptors (Lipinski definition) is 5. The first-order chi connectivity index (χ1) is 10.9. The number of amides is 1.